The van der Waals surface area contributed by atoms with Crippen molar-refractivity contribution in [1.82, 2.24) is 4.90 Å². The summed E-state index contributed by atoms with van der Waals surface area (Å²) in [4.78, 5) is 13.7. The van der Waals surface area contributed by atoms with Gasteiger partial charge >= 0.3 is 5.97 Å². The van der Waals surface area contributed by atoms with Crippen LogP contribution in [0.2, 0.25) is 0 Å². The normalized spacial score (nSPS) is 10.6. The van der Waals surface area contributed by atoms with E-state index in [-0.39, 0.29) is 6.61 Å². The number of carbonyl (C=O) groups excluding carboxylic acids is 1. The van der Waals surface area contributed by atoms with Crippen LogP contribution < -0.4 is 5.73 Å². The Morgan fingerprint density at radius 1 is 1.22 bits per heavy atom. The molecule has 0 aromatic heterocycles. The molecule has 1 rings (SSSR count). The van der Waals surface area contributed by atoms with Crippen LogP contribution >= 0.6 is 0 Å². The summed E-state index contributed by atoms with van der Waals surface area (Å²) >= 11 is 0. The molecule has 0 amide bonds. The van der Waals surface area contributed by atoms with Gasteiger partial charge in [-0.05, 0) is 26.2 Å². The molecule has 0 aliphatic carbocycles. The Balaban J connectivity index is 2.20. The third-order valence-corrected chi connectivity index (χ3v) is 2.32. The highest BCUT2D eigenvalue weighted by atomic mass is 16.6. The van der Waals surface area contributed by atoms with E-state index in [1.807, 2.05) is 19.0 Å². The highest BCUT2D eigenvalue weighted by molar-refractivity contribution is 5.94. The lowest BCUT2D eigenvalue weighted by atomic mass is 10.2. The van der Waals surface area contributed by atoms with E-state index < -0.39 is 5.97 Å². The molecular formula is C13H20N2O3. The highest BCUT2D eigenvalue weighted by Gasteiger charge is 2.09. The number of ether oxygens (including phenoxy) is 2. The molecule has 5 heteroatoms. The van der Waals surface area contributed by atoms with Gasteiger partial charge in [0.1, 0.15) is 6.61 Å². The molecule has 1 aromatic carbocycles. The highest BCUT2D eigenvalue weighted by Crippen LogP contribution is 2.11. The van der Waals surface area contributed by atoms with Crippen molar-refractivity contribution in [3.05, 3.63) is 29.8 Å². The van der Waals surface area contributed by atoms with Crippen molar-refractivity contribution in [2.75, 3.05) is 46.2 Å². The number of hydrogen-bond donors (Lipinski definition) is 1. The number of hydrogen-bond acceptors (Lipinski definition) is 5. The standard InChI is InChI=1S/C13H20N2O3/c1-15(2)7-8-17-9-10-18-13(16)11-5-3-4-6-12(11)14/h3-6H,7-10,14H2,1-2H3. The number of likely N-dealkylation sites (N-methyl/N-ethyl adjacent to an activating group) is 1. The largest absolute Gasteiger partial charge is 0.460 e. The van der Waals surface area contributed by atoms with Crippen molar-refractivity contribution >= 4 is 11.7 Å². The summed E-state index contributed by atoms with van der Waals surface area (Å²) in [5, 5.41) is 0. The second-order valence-corrected chi connectivity index (χ2v) is 4.14. The Hall–Kier alpha value is -1.59. The Morgan fingerprint density at radius 3 is 2.61 bits per heavy atom. The van der Waals surface area contributed by atoms with Crippen LogP contribution in [0.4, 0.5) is 5.69 Å². The van der Waals surface area contributed by atoms with E-state index in [1.54, 1.807) is 24.3 Å². The molecule has 1 aromatic rings. The lowest BCUT2D eigenvalue weighted by Crippen LogP contribution is -2.19. The summed E-state index contributed by atoms with van der Waals surface area (Å²) in [5.74, 6) is -0.413. The van der Waals surface area contributed by atoms with Crippen molar-refractivity contribution in [3.63, 3.8) is 0 Å². The average molecular weight is 252 g/mol. The van der Waals surface area contributed by atoms with E-state index in [0.717, 1.165) is 6.54 Å². The van der Waals surface area contributed by atoms with Crippen LogP contribution in [0.1, 0.15) is 10.4 Å². The number of para-hydroxylation sites is 1. The smallest absolute Gasteiger partial charge is 0.340 e. The number of nitrogens with zero attached hydrogens (tertiary/aromatic N) is 1. The van der Waals surface area contributed by atoms with Crippen LogP contribution in [-0.4, -0.2) is 51.3 Å². The maximum Gasteiger partial charge on any atom is 0.340 e. The maximum absolute atomic E-state index is 11.6. The minimum Gasteiger partial charge on any atom is -0.460 e. The number of carbonyl (C=O) groups is 1. The monoisotopic (exact) mass is 252 g/mol. The third-order valence-electron chi connectivity index (χ3n) is 2.32. The van der Waals surface area contributed by atoms with Gasteiger partial charge in [-0.2, -0.15) is 0 Å². The van der Waals surface area contributed by atoms with Crippen molar-refractivity contribution in [1.29, 1.82) is 0 Å². The molecule has 2 N–H and O–H groups in total. The third kappa shape index (κ3) is 5.16. The van der Waals surface area contributed by atoms with Crippen LogP contribution in [0.3, 0.4) is 0 Å². The molecule has 0 saturated carbocycles. The van der Waals surface area contributed by atoms with Gasteiger partial charge in [0.15, 0.2) is 0 Å². The van der Waals surface area contributed by atoms with Gasteiger partial charge < -0.3 is 20.1 Å². The predicted octanol–water partition coefficient (Wildman–Crippen LogP) is 1.00. The minimum atomic E-state index is -0.413. The van der Waals surface area contributed by atoms with Gasteiger partial charge in [0, 0.05) is 12.2 Å². The molecule has 0 heterocycles. The van der Waals surface area contributed by atoms with Crippen molar-refractivity contribution in [2.45, 2.75) is 0 Å². The van der Waals surface area contributed by atoms with E-state index in [0.29, 0.717) is 24.5 Å². The molecule has 0 saturated heterocycles. The number of rotatable bonds is 7. The van der Waals surface area contributed by atoms with E-state index in [9.17, 15) is 4.79 Å². The minimum absolute atomic E-state index is 0.237. The Kier molecular flexibility index (Phi) is 6.18. The zero-order valence-electron chi connectivity index (χ0n) is 10.9. The summed E-state index contributed by atoms with van der Waals surface area (Å²) in [6.07, 6.45) is 0. The quantitative estimate of drug-likeness (QED) is 0.445. The lowest BCUT2D eigenvalue weighted by molar-refractivity contribution is 0.0300. The van der Waals surface area contributed by atoms with Crippen molar-refractivity contribution < 1.29 is 14.3 Å². The van der Waals surface area contributed by atoms with Crippen LogP contribution in [0.25, 0.3) is 0 Å². The molecule has 0 aliphatic heterocycles. The fourth-order valence-corrected chi connectivity index (χ4v) is 1.30. The first-order valence-corrected chi connectivity index (χ1v) is 5.85. The van der Waals surface area contributed by atoms with Crippen LogP contribution in [-0.2, 0) is 9.47 Å². The molecule has 0 aliphatic rings. The predicted molar refractivity (Wildman–Crippen MR) is 70.5 cm³/mol. The molecule has 100 valence electrons. The number of benzene rings is 1. The maximum atomic E-state index is 11.6. The fourth-order valence-electron chi connectivity index (χ4n) is 1.30. The van der Waals surface area contributed by atoms with Crippen LogP contribution in [0.5, 0.6) is 0 Å². The molecule has 0 spiro atoms. The van der Waals surface area contributed by atoms with Gasteiger partial charge in [-0.1, -0.05) is 12.1 Å². The summed E-state index contributed by atoms with van der Waals surface area (Å²) in [6, 6.07) is 6.84. The zero-order chi connectivity index (χ0) is 13.4. The molecule has 0 atom stereocenters. The molecule has 0 unspecified atom stereocenters. The summed E-state index contributed by atoms with van der Waals surface area (Å²) in [5.41, 5.74) is 6.49. The average Bonchev–Trinajstić information content (AvgIpc) is 2.33. The Morgan fingerprint density at radius 2 is 1.94 bits per heavy atom. The van der Waals surface area contributed by atoms with Crippen molar-refractivity contribution in [2.24, 2.45) is 0 Å². The second-order valence-electron chi connectivity index (χ2n) is 4.14. The Labute approximate surface area is 107 Å². The van der Waals surface area contributed by atoms with E-state index in [1.165, 1.54) is 0 Å². The van der Waals surface area contributed by atoms with E-state index in [2.05, 4.69) is 0 Å². The van der Waals surface area contributed by atoms with Gasteiger partial charge in [-0.3, -0.25) is 0 Å². The molecule has 0 bridgehead atoms. The summed E-state index contributed by atoms with van der Waals surface area (Å²) in [6.45, 7) is 2.10. The zero-order valence-corrected chi connectivity index (χ0v) is 10.9. The molecule has 5 nitrogen and oxygen atoms in total. The van der Waals surface area contributed by atoms with E-state index >= 15 is 0 Å². The number of anilines is 1. The van der Waals surface area contributed by atoms with E-state index in [4.69, 9.17) is 15.2 Å². The van der Waals surface area contributed by atoms with Crippen LogP contribution in [0, 0.1) is 0 Å². The first-order valence-electron chi connectivity index (χ1n) is 5.85. The molecule has 0 radical (unpaired) electrons. The SMILES string of the molecule is CN(C)CCOCCOC(=O)c1ccccc1N. The summed E-state index contributed by atoms with van der Waals surface area (Å²) < 4.78 is 10.4. The van der Waals surface area contributed by atoms with Gasteiger partial charge in [0.05, 0.1) is 18.8 Å². The first-order chi connectivity index (χ1) is 8.61. The molecule has 18 heavy (non-hydrogen) atoms. The van der Waals surface area contributed by atoms with Crippen LogP contribution in [0.15, 0.2) is 24.3 Å². The lowest BCUT2D eigenvalue weighted by Gasteiger charge is -2.10. The number of nitrogens with two attached hydrogens (primary N) is 1. The fraction of sp³-hybridized carbons (Fsp3) is 0.462. The van der Waals surface area contributed by atoms with Gasteiger partial charge in [-0.15, -0.1) is 0 Å². The van der Waals surface area contributed by atoms with Gasteiger partial charge in [-0.25, -0.2) is 4.79 Å². The number of esters is 1. The topological polar surface area (TPSA) is 64.8 Å². The second kappa shape index (κ2) is 7.68. The number of nitrogen functional groups attached to an aromatic ring is 1. The van der Waals surface area contributed by atoms with Crippen molar-refractivity contribution in [3.8, 4) is 0 Å². The van der Waals surface area contributed by atoms with Gasteiger partial charge in [0.2, 0.25) is 0 Å². The summed E-state index contributed by atoms with van der Waals surface area (Å²) in [7, 11) is 3.95. The molecular weight excluding hydrogens is 232 g/mol. The first kappa shape index (κ1) is 14.5. The van der Waals surface area contributed by atoms with Gasteiger partial charge in [0.25, 0.3) is 0 Å². The molecule has 0 fully saturated rings. The Bertz CT molecular complexity index is 380.